The summed E-state index contributed by atoms with van der Waals surface area (Å²) in [5.74, 6) is -0.0911. The van der Waals surface area contributed by atoms with Crippen LogP contribution in [-0.2, 0) is 14.4 Å². The van der Waals surface area contributed by atoms with Gasteiger partial charge in [-0.25, -0.2) is 9.59 Å². The van der Waals surface area contributed by atoms with Gasteiger partial charge < -0.3 is 44.1 Å². The van der Waals surface area contributed by atoms with Crippen LogP contribution in [0.1, 0.15) is 30.1 Å². The highest BCUT2D eigenvalue weighted by atomic mass is 32.2. The van der Waals surface area contributed by atoms with E-state index in [0.29, 0.717) is 30.5 Å². The van der Waals surface area contributed by atoms with Crippen LogP contribution in [0.4, 0.5) is 5.69 Å². The van der Waals surface area contributed by atoms with E-state index >= 15 is 0 Å². The number of nitrogens with zero attached hydrogens (tertiary/aromatic N) is 1. The molecule has 0 saturated carbocycles. The molecule has 248 valence electrons. The second-order valence-corrected chi connectivity index (χ2v) is 11.0. The largest absolute Gasteiger partial charge is 0.497 e. The van der Waals surface area contributed by atoms with Crippen molar-refractivity contribution in [1.29, 1.82) is 0 Å². The van der Waals surface area contributed by atoms with Crippen LogP contribution in [0.25, 0.3) is 0 Å². The van der Waals surface area contributed by atoms with Crippen LogP contribution in [0.5, 0.6) is 28.7 Å². The van der Waals surface area contributed by atoms with Gasteiger partial charge in [0.2, 0.25) is 5.91 Å². The third-order valence-corrected chi connectivity index (χ3v) is 8.13. The van der Waals surface area contributed by atoms with Gasteiger partial charge in [0.25, 0.3) is 0 Å². The standard InChI is InChI=1S/C31H38N2O6S.C2H2O4/c1-33-25-10-5-6-11-29(25)40-30(31(33)34)24-20-22(35-2)12-14-26(24)39-18-8-7-16-32-17-9-19-38-23-13-15-27(36-3)28(21-23)37-4;3-1(4)2(5)6/h5-6,10-15,20-21,30,32H,7-9,16-19H2,1-4H3;(H,3,4)(H,5,6). The van der Waals surface area contributed by atoms with Crippen molar-refractivity contribution in [2.24, 2.45) is 0 Å². The van der Waals surface area contributed by atoms with Crippen molar-refractivity contribution in [2.45, 2.75) is 29.4 Å². The molecule has 0 fully saturated rings. The van der Waals surface area contributed by atoms with Crippen LogP contribution < -0.4 is 33.9 Å². The van der Waals surface area contributed by atoms with Crippen molar-refractivity contribution in [3.63, 3.8) is 0 Å². The fraction of sp³-hybridized carbons (Fsp3) is 0.364. The van der Waals surface area contributed by atoms with E-state index in [2.05, 4.69) is 5.32 Å². The molecule has 3 aromatic rings. The minimum atomic E-state index is -1.82. The second-order valence-electron chi connectivity index (χ2n) is 9.90. The predicted molar refractivity (Wildman–Crippen MR) is 174 cm³/mol. The maximum atomic E-state index is 13.3. The van der Waals surface area contributed by atoms with Crippen LogP contribution in [0.3, 0.4) is 0 Å². The summed E-state index contributed by atoms with van der Waals surface area (Å²) in [5, 5.41) is 17.8. The number of fused-ring (bicyclic) bond motifs is 1. The number of carbonyl (C=O) groups is 3. The Labute approximate surface area is 272 Å². The van der Waals surface area contributed by atoms with Gasteiger partial charge in [0.15, 0.2) is 11.5 Å². The normalized spacial score (nSPS) is 13.5. The first-order valence-corrected chi connectivity index (χ1v) is 15.4. The minimum absolute atomic E-state index is 0.0288. The number of unbranched alkanes of at least 4 members (excludes halogenated alkanes) is 1. The van der Waals surface area contributed by atoms with Crippen molar-refractivity contribution in [2.75, 3.05) is 59.6 Å². The fourth-order valence-corrected chi connectivity index (χ4v) is 5.75. The monoisotopic (exact) mass is 656 g/mol. The van der Waals surface area contributed by atoms with E-state index in [0.717, 1.165) is 60.0 Å². The lowest BCUT2D eigenvalue weighted by atomic mass is 10.1. The summed E-state index contributed by atoms with van der Waals surface area (Å²) in [6.07, 6.45) is 2.77. The molecule has 4 rings (SSSR count). The number of likely N-dealkylation sites (N-methyl/N-ethyl adjacent to an activating group) is 1. The molecular weight excluding hydrogens is 616 g/mol. The number of para-hydroxylation sites is 1. The molecule has 0 radical (unpaired) electrons. The number of carboxylic acid groups (broad SMARTS) is 2. The second kappa shape index (κ2) is 18.4. The zero-order valence-corrected chi connectivity index (χ0v) is 27.1. The van der Waals surface area contributed by atoms with E-state index in [1.54, 1.807) is 38.0 Å². The molecule has 12 nitrogen and oxygen atoms in total. The van der Waals surface area contributed by atoms with Gasteiger partial charge in [0, 0.05) is 23.6 Å². The number of benzene rings is 3. The molecule has 13 heteroatoms. The van der Waals surface area contributed by atoms with Gasteiger partial charge >= 0.3 is 11.9 Å². The Morgan fingerprint density at radius 1 is 0.783 bits per heavy atom. The summed E-state index contributed by atoms with van der Waals surface area (Å²) in [5.41, 5.74) is 1.77. The average molecular weight is 657 g/mol. The van der Waals surface area contributed by atoms with Gasteiger partial charge in [-0.05, 0) is 74.8 Å². The quantitative estimate of drug-likeness (QED) is 0.151. The zero-order valence-electron chi connectivity index (χ0n) is 26.3. The van der Waals surface area contributed by atoms with Gasteiger partial charge in [0.1, 0.15) is 22.5 Å². The van der Waals surface area contributed by atoms with E-state index in [9.17, 15) is 4.79 Å². The van der Waals surface area contributed by atoms with E-state index in [1.807, 2.05) is 67.7 Å². The number of ether oxygens (including phenoxy) is 5. The molecule has 1 unspecified atom stereocenters. The van der Waals surface area contributed by atoms with Crippen LogP contribution in [0.2, 0.25) is 0 Å². The molecule has 46 heavy (non-hydrogen) atoms. The number of carboxylic acids is 2. The number of thioether (sulfide) groups is 1. The zero-order chi connectivity index (χ0) is 33.5. The molecule has 1 heterocycles. The Morgan fingerprint density at radius 2 is 1.43 bits per heavy atom. The van der Waals surface area contributed by atoms with Gasteiger partial charge in [-0.2, -0.15) is 0 Å². The lowest BCUT2D eigenvalue weighted by Crippen LogP contribution is -2.33. The predicted octanol–water partition coefficient (Wildman–Crippen LogP) is 4.90. The molecule has 1 aliphatic rings. The third kappa shape index (κ3) is 10.2. The topological polar surface area (TPSA) is 153 Å². The number of aliphatic carboxylic acids is 2. The summed E-state index contributed by atoms with van der Waals surface area (Å²) in [6, 6.07) is 19.2. The maximum Gasteiger partial charge on any atom is 0.414 e. The van der Waals surface area contributed by atoms with Crippen molar-refractivity contribution < 1.29 is 48.3 Å². The summed E-state index contributed by atoms with van der Waals surface area (Å²) >= 11 is 1.56. The number of anilines is 1. The lowest BCUT2D eigenvalue weighted by molar-refractivity contribution is -0.159. The highest BCUT2D eigenvalue weighted by Crippen LogP contribution is 2.48. The van der Waals surface area contributed by atoms with Crippen LogP contribution in [-0.4, -0.2) is 82.7 Å². The van der Waals surface area contributed by atoms with Gasteiger partial charge in [0.05, 0.1) is 40.2 Å². The Bertz CT molecular complexity index is 1460. The molecule has 1 aliphatic heterocycles. The first-order valence-electron chi connectivity index (χ1n) is 14.6. The highest BCUT2D eigenvalue weighted by Gasteiger charge is 2.34. The molecule has 3 aromatic carbocycles. The van der Waals surface area contributed by atoms with E-state index in [4.69, 9.17) is 43.5 Å². The molecule has 1 amide bonds. The lowest BCUT2D eigenvalue weighted by Gasteiger charge is -2.32. The number of hydrogen-bond donors (Lipinski definition) is 3. The van der Waals surface area contributed by atoms with Gasteiger partial charge in [-0.15, -0.1) is 11.8 Å². The highest BCUT2D eigenvalue weighted by molar-refractivity contribution is 8.00. The molecule has 0 spiro atoms. The first kappa shape index (κ1) is 35.9. The van der Waals surface area contributed by atoms with E-state index in [1.165, 1.54) is 0 Å². The fourth-order valence-electron chi connectivity index (χ4n) is 4.44. The van der Waals surface area contributed by atoms with Crippen LogP contribution >= 0.6 is 11.8 Å². The number of amides is 1. The molecule has 0 bridgehead atoms. The number of hydrogen-bond acceptors (Lipinski definition) is 10. The number of nitrogens with one attached hydrogen (secondary N) is 1. The summed E-state index contributed by atoms with van der Waals surface area (Å²) in [4.78, 5) is 34.3. The Hall–Kier alpha value is -4.62. The SMILES string of the molecule is COc1ccc(OCCCCNCCCOc2ccc(OC)c(OC)c2)c(C2Sc3ccccc3N(C)C2=O)c1.O=C(O)C(=O)O. The molecule has 0 saturated heterocycles. The number of methoxy groups -OCH3 is 3. The maximum absolute atomic E-state index is 13.3. The molecule has 0 aliphatic carbocycles. The van der Waals surface area contributed by atoms with Crippen LogP contribution in [0, 0.1) is 0 Å². The number of carbonyl (C=O) groups excluding carboxylic acids is 1. The van der Waals surface area contributed by atoms with E-state index in [-0.39, 0.29) is 5.91 Å². The van der Waals surface area contributed by atoms with Gasteiger partial charge in [-0.1, -0.05) is 12.1 Å². The molecule has 3 N–H and O–H groups in total. The molecular formula is C33H40N2O10S. The summed E-state index contributed by atoms with van der Waals surface area (Å²) in [6.45, 7) is 2.95. The van der Waals surface area contributed by atoms with Gasteiger partial charge in [-0.3, -0.25) is 4.79 Å². The Balaban J connectivity index is 0.000000875. The number of rotatable bonds is 15. The van der Waals surface area contributed by atoms with Crippen molar-refractivity contribution >= 4 is 35.3 Å². The average Bonchev–Trinajstić information content (AvgIpc) is 3.07. The summed E-state index contributed by atoms with van der Waals surface area (Å²) in [7, 11) is 6.68. The molecule has 1 atom stereocenters. The van der Waals surface area contributed by atoms with Crippen molar-refractivity contribution in [3.8, 4) is 28.7 Å². The Morgan fingerprint density at radius 3 is 2.13 bits per heavy atom. The third-order valence-electron chi connectivity index (χ3n) is 6.84. The van der Waals surface area contributed by atoms with Crippen molar-refractivity contribution in [3.05, 3.63) is 66.2 Å². The molecule has 0 aromatic heterocycles. The van der Waals surface area contributed by atoms with E-state index < -0.39 is 17.2 Å². The summed E-state index contributed by atoms with van der Waals surface area (Å²) < 4.78 is 28.0. The Kier molecular flexibility index (Phi) is 14.3. The first-order chi connectivity index (χ1) is 22.2. The van der Waals surface area contributed by atoms with Crippen LogP contribution in [0.15, 0.2) is 65.6 Å². The van der Waals surface area contributed by atoms with Crippen molar-refractivity contribution in [1.82, 2.24) is 5.32 Å². The minimum Gasteiger partial charge on any atom is -0.497 e. The smallest absolute Gasteiger partial charge is 0.414 e.